The lowest BCUT2D eigenvalue weighted by Crippen LogP contribution is -2.49. The van der Waals surface area contributed by atoms with E-state index < -0.39 is 22.9 Å². The average molecular weight is 373 g/mol. The van der Waals surface area contributed by atoms with Crippen molar-refractivity contribution in [1.29, 1.82) is 0 Å². The Kier molecular flexibility index (Phi) is 4.89. The third kappa shape index (κ3) is 3.37. The van der Waals surface area contributed by atoms with Gasteiger partial charge >= 0.3 is 5.97 Å². The van der Waals surface area contributed by atoms with Crippen LogP contribution in [0.5, 0.6) is 0 Å². The van der Waals surface area contributed by atoms with Crippen molar-refractivity contribution in [3.8, 4) is 5.69 Å². The zero-order valence-electron chi connectivity index (χ0n) is 14.9. The molecule has 0 aliphatic carbocycles. The quantitative estimate of drug-likeness (QED) is 0.638. The lowest BCUT2D eigenvalue weighted by Gasteiger charge is -2.37. The summed E-state index contributed by atoms with van der Waals surface area (Å²) < 4.78 is 1.36. The number of nitrogens with zero attached hydrogens (tertiary/aromatic N) is 5. The van der Waals surface area contributed by atoms with E-state index in [4.69, 9.17) is 0 Å². The molecule has 2 aromatic rings. The van der Waals surface area contributed by atoms with E-state index in [0.29, 0.717) is 30.8 Å². The number of aromatic nitrogens is 3. The fraction of sp³-hybridized carbons (Fsp3) is 0.412. The molecule has 1 N–H and O–H groups in total. The van der Waals surface area contributed by atoms with E-state index in [1.165, 1.54) is 27.8 Å². The predicted molar refractivity (Wildman–Crippen MR) is 93.6 cm³/mol. The molecule has 10 nitrogen and oxygen atoms in total. The third-order valence-electron chi connectivity index (χ3n) is 4.95. The Morgan fingerprint density at radius 3 is 2.78 bits per heavy atom. The second-order valence-electron chi connectivity index (χ2n) is 6.54. The van der Waals surface area contributed by atoms with Gasteiger partial charge in [0.15, 0.2) is 5.69 Å². The number of benzene rings is 1. The highest BCUT2D eigenvalue weighted by molar-refractivity contribution is 5.94. The second-order valence-corrected chi connectivity index (χ2v) is 6.54. The van der Waals surface area contributed by atoms with Crippen molar-refractivity contribution in [3.63, 3.8) is 0 Å². The number of aliphatic carboxylic acids is 1. The summed E-state index contributed by atoms with van der Waals surface area (Å²) in [5, 5.41) is 28.2. The molecule has 142 valence electrons. The number of amides is 1. The molecule has 1 aliphatic heterocycles. The molecule has 1 amide bonds. The Morgan fingerprint density at radius 2 is 2.11 bits per heavy atom. The van der Waals surface area contributed by atoms with Gasteiger partial charge in [0, 0.05) is 24.7 Å². The molecule has 1 aromatic heterocycles. The topological polar surface area (TPSA) is 131 Å². The summed E-state index contributed by atoms with van der Waals surface area (Å²) in [7, 11) is 0. The van der Waals surface area contributed by atoms with E-state index >= 15 is 0 Å². The summed E-state index contributed by atoms with van der Waals surface area (Å²) in [6, 6.07) is 5.42. The molecule has 0 bridgehead atoms. The second kappa shape index (κ2) is 7.14. The maximum absolute atomic E-state index is 12.9. The Balaban J connectivity index is 1.91. The first-order valence-corrected chi connectivity index (χ1v) is 8.52. The highest BCUT2D eigenvalue weighted by atomic mass is 16.6. The number of carboxylic acids is 1. The average Bonchev–Trinajstić information content (AvgIpc) is 3.02. The van der Waals surface area contributed by atoms with Gasteiger partial charge in [-0.25, -0.2) is 4.68 Å². The largest absolute Gasteiger partial charge is 0.481 e. The predicted octanol–water partition coefficient (Wildman–Crippen LogP) is 1.81. The van der Waals surface area contributed by atoms with Crippen LogP contribution in [0.15, 0.2) is 24.3 Å². The van der Waals surface area contributed by atoms with Crippen LogP contribution in [-0.2, 0) is 4.79 Å². The lowest BCUT2D eigenvalue weighted by atomic mass is 9.90. The first-order chi connectivity index (χ1) is 12.8. The van der Waals surface area contributed by atoms with E-state index in [2.05, 4.69) is 10.3 Å². The molecule has 1 aromatic carbocycles. The summed E-state index contributed by atoms with van der Waals surface area (Å²) in [5.41, 5.74) is 0.872. The van der Waals surface area contributed by atoms with Crippen LogP contribution in [0.2, 0.25) is 0 Å². The maximum Gasteiger partial charge on any atom is 0.308 e. The third-order valence-corrected chi connectivity index (χ3v) is 4.95. The number of piperidine rings is 1. The Bertz CT molecular complexity index is 909. The number of non-ortho nitro benzene ring substituents is 1. The van der Waals surface area contributed by atoms with Crippen LogP contribution in [0.3, 0.4) is 0 Å². The number of hydrogen-bond acceptors (Lipinski definition) is 6. The summed E-state index contributed by atoms with van der Waals surface area (Å²) in [4.78, 5) is 36.3. The van der Waals surface area contributed by atoms with Crippen LogP contribution in [0, 0.1) is 23.0 Å². The molecule has 1 saturated heterocycles. The van der Waals surface area contributed by atoms with Crippen molar-refractivity contribution < 1.29 is 19.6 Å². The molecule has 1 fully saturated rings. The fourth-order valence-electron chi connectivity index (χ4n) is 3.41. The molecule has 0 saturated carbocycles. The molecule has 10 heteroatoms. The molecule has 1 aliphatic rings. The number of likely N-dealkylation sites (tertiary alicyclic amines) is 1. The van der Waals surface area contributed by atoms with Gasteiger partial charge in [0.05, 0.1) is 22.2 Å². The van der Waals surface area contributed by atoms with Crippen LogP contribution in [-0.4, -0.2) is 54.4 Å². The van der Waals surface area contributed by atoms with E-state index in [1.54, 1.807) is 19.9 Å². The Labute approximate surface area is 154 Å². The SMILES string of the molecule is Cc1c(C(=O)N2CCC[C@@H](C(=O)O)[C@H]2C)nnn1-c1cccc([N+](=O)[O-])c1. The van der Waals surface area contributed by atoms with E-state index in [0.717, 1.165) is 0 Å². The number of nitro groups is 1. The number of carbonyl (C=O) groups excluding carboxylic acids is 1. The zero-order chi connectivity index (χ0) is 19.7. The smallest absolute Gasteiger partial charge is 0.308 e. The molecular formula is C17H19N5O5. The maximum atomic E-state index is 12.9. The van der Waals surface area contributed by atoms with Gasteiger partial charge in [0.2, 0.25) is 0 Å². The summed E-state index contributed by atoms with van der Waals surface area (Å²) in [6.07, 6.45) is 1.13. The molecule has 0 radical (unpaired) electrons. The molecule has 2 heterocycles. The van der Waals surface area contributed by atoms with E-state index in [-0.39, 0.29) is 17.3 Å². The van der Waals surface area contributed by atoms with Gasteiger partial charge in [-0.2, -0.15) is 0 Å². The first kappa shape index (κ1) is 18.5. The molecule has 2 atom stereocenters. The van der Waals surface area contributed by atoms with Crippen molar-refractivity contribution in [2.75, 3.05) is 6.54 Å². The number of carboxylic acid groups (broad SMARTS) is 1. The zero-order valence-corrected chi connectivity index (χ0v) is 14.9. The van der Waals surface area contributed by atoms with Crippen molar-refractivity contribution in [2.45, 2.75) is 32.7 Å². The highest BCUT2D eigenvalue weighted by Crippen LogP contribution is 2.26. The Morgan fingerprint density at radius 1 is 1.37 bits per heavy atom. The van der Waals surface area contributed by atoms with Gasteiger partial charge < -0.3 is 10.0 Å². The molecule has 0 unspecified atom stereocenters. The van der Waals surface area contributed by atoms with Crippen LogP contribution in [0.25, 0.3) is 5.69 Å². The van der Waals surface area contributed by atoms with Crippen LogP contribution >= 0.6 is 0 Å². The molecule has 27 heavy (non-hydrogen) atoms. The van der Waals surface area contributed by atoms with Crippen LogP contribution in [0.1, 0.15) is 35.9 Å². The lowest BCUT2D eigenvalue weighted by molar-refractivity contribution is -0.384. The van der Waals surface area contributed by atoms with Crippen LogP contribution < -0.4 is 0 Å². The van der Waals surface area contributed by atoms with Gasteiger partial charge in [0.25, 0.3) is 11.6 Å². The first-order valence-electron chi connectivity index (χ1n) is 8.52. The van der Waals surface area contributed by atoms with Gasteiger partial charge in [-0.1, -0.05) is 11.3 Å². The summed E-state index contributed by atoms with van der Waals surface area (Å²) in [5.74, 6) is -1.92. The molecular weight excluding hydrogens is 354 g/mol. The molecule has 3 rings (SSSR count). The monoisotopic (exact) mass is 373 g/mol. The fourth-order valence-corrected chi connectivity index (χ4v) is 3.41. The van der Waals surface area contributed by atoms with E-state index in [1.807, 2.05) is 0 Å². The van der Waals surface area contributed by atoms with Crippen molar-refractivity contribution in [3.05, 3.63) is 45.8 Å². The standard InChI is InChI=1S/C17H19N5O5/c1-10-14(17(24)25)7-4-8-20(10)16(23)15-11(2)21(19-18-15)12-5-3-6-13(9-12)22(26)27/h3,5-6,9-10,14H,4,7-8H2,1-2H3,(H,24,25)/t10-,14-/m1/s1. The van der Waals surface area contributed by atoms with Gasteiger partial charge in [-0.05, 0) is 32.8 Å². The summed E-state index contributed by atoms with van der Waals surface area (Å²) in [6.45, 7) is 3.82. The number of nitro benzene ring substituents is 1. The highest BCUT2D eigenvalue weighted by Gasteiger charge is 2.37. The minimum absolute atomic E-state index is 0.0933. The Hall–Kier alpha value is -3.30. The number of hydrogen-bond donors (Lipinski definition) is 1. The minimum Gasteiger partial charge on any atom is -0.481 e. The summed E-state index contributed by atoms with van der Waals surface area (Å²) >= 11 is 0. The normalized spacial score (nSPS) is 19.7. The van der Waals surface area contributed by atoms with Gasteiger partial charge in [-0.15, -0.1) is 5.10 Å². The minimum atomic E-state index is -0.919. The van der Waals surface area contributed by atoms with E-state index in [9.17, 15) is 24.8 Å². The van der Waals surface area contributed by atoms with Crippen molar-refractivity contribution in [1.82, 2.24) is 19.9 Å². The number of carbonyl (C=O) groups is 2. The van der Waals surface area contributed by atoms with Gasteiger partial charge in [-0.3, -0.25) is 19.7 Å². The number of rotatable bonds is 4. The van der Waals surface area contributed by atoms with Gasteiger partial charge in [0.1, 0.15) is 0 Å². The molecule has 0 spiro atoms. The van der Waals surface area contributed by atoms with Crippen LogP contribution in [0.4, 0.5) is 5.69 Å². The van der Waals surface area contributed by atoms with Crippen molar-refractivity contribution in [2.24, 2.45) is 5.92 Å². The van der Waals surface area contributed by atoms with Crippen molar-refractivity contribution >= 4 is 17.6 Å².